The average Bonchev–Trinajstić information content (AvgIpc) is 2.76. The summed E-state index contributed by atoms with van der Waals surface area (Å²) in [4.78, 5) is 0. The molecule has 20 heavy (non-hydrogen) atoms. The van der Waals surface area contributed by atoms with E-state index in [9.17, 15) is 4.39 Å². The van der Waals surface area contributed by atoms with Crippen molar-refractivity contribution >= 4 is 5.82 Å². The molecule has 1 aliphatic rings. The first kappa shape index (κ1) is 13.1. The van der Waals surface area contributed by atoms with E-state index in [0.717, 1.165) is 36.3 Å². The van der Waals surface area contributed by atoms with Crippen LogP contribution in [0, 0.1) is 5.82 Å². The first-order valence-corrected chi connectivity index (χ1v) is 6.83. The fraction of sp³-hybridized carbons (Fsp3) is 0.400. The lowest BCUT2D eigenvalue weighted by Gasteiger charge is -2.21. The third-order valence-electron chi connectivity index (χ3n) is 3.78. The highest BCUT2D eigenvalue weighted by molar-refractivity contribution is 5.77. The van der Waals surface area contributed by atoms with Gasteiger partial charge in [-0.25, -0.2) is 4.39 Å². The number of hydrogen-bond acceptors (Lipinski definition) is 3. The van der Waals surface area contributed by atoms with Crippen molar-refractivity contribution in [1.82, 2.24) is 9.78 Å². The summed E-state index contributed by atoms with van der Waals surface area (Å²) >= 11 is 0. The minimum absolute atomic E-state index is 0.227. The zero-order chi connectivity index (χ0) is 14.1. The standard InChI is InChI=1S/C15H18FN3O/c1-19-15(17)13(10-4-2-6-12(16)8-10)14(18-19)11-5-3-7-20-9-11/h2,4,6,8,11H,3,5,7,9,17H2,1H3. The Morgan fingerprint density at radius 1 is 1.45 bits per heavy atom. The molecule has 1 saturated heterocycles. The van der Waals surface area contributed by atoms with Crippen LogP contribution in [0.3, 0.4) is 0 Å². The van der Waals surface area contributed by atoms with E-state index in [2.05, 4.69) is 5.10 Å². The lowest BCUT2D eigenvalue weighted by atomic mass is 9.92. The molecule has 0 spiro atoms. The molecule has 0 amide bonds. The summed E-state index contributed by atoms with van der Waals surface area (Å²) in [5.41, 5.74) is 8.65. The maximum Gasteiger partial charge on any atom is 0.129 e. The Labute approximate surface area is 117 Å². The monoisotopic (exact) mass is 275 g/mol. The van der Waals surface area contributed by atoms with Gasteiger partial charge >= 0.3 is 0 Å². The van der Waals surface area contributed by atoms with Crippen molar-refractivity contribution in [3.05, 3.63) is 35.8 Å². The van der Waals surface area contributed by atoms with E-state index in [1.54, 1.807) is 10.7 Å². The van der Waals surface area contributed by atoms with E-state index >= 15 is 0 Å². The fourth-order valence-electron chi connectivity index (χ4n) is 2.74. The lowest BCUT2D eigenvalue weighted by molar-refractivity contribution is 0.0793. The molecule has 0 saturated carbocycles. The summed E-state index contributed by atoms with van der Waals surface area (Å²) in [5, 5.41) is 4.53. The molecule has 2 N–H and O–H groups in total. The molecule has 0 bridgehead atoms. The first-order chi connectivity index (χ1) is 9.66. The van der Waals surface area contributed by atoms with Gasteiger partial charge in [0.15, 0.2) is 0 Å². The first-order valence-electron chi connectivity index (χ1n) is 6.83. The third-order valence-corrected chi connectivity index (χ3v) is 3.78. The van der Waals surface area contributed by atoms with Gasteiger partial charge in [0.2, 0.25) is 0 Å². The van der Waals surface area contributed by atoms with Gasteiger partial charge in [-0.2, -0.15) is 5.10 Å². The number of aryl methyl sites for hydroxylation is 1. The Morgan fingerprint density at radius 3 is 3.00 bits per heavy atom. The highest BCUT2D eigenvalue weighted by atomic mass is 19.1. The minimum atomic E-state index is -0.267. The molecule has 4 nitrogen and oxygen atoms in total. The third kappa shape index (κ3) is 2.29. The maximum absolute atomic E-state index is 13.5. The SMILES string of the molecule is Cn1nc(C2CCCOC2)c(-c2cccc(F)c2)c1N. The second kappa shape index (κ2) is 5.25. The Morgan fingerprint density at radius 2 is 2.30 bits per heavy atom. The van der Waals surface area contributed by atoms with Crippen LogP contribution in [-0.2, 0) is 11.8 Å². The molecule has 1 atom stereocenters. The molecule has 3 rings (SSSR count). The average molecular weight is 275 g/mol. The molecular weight excluding hydrogens is 257 g/mol. The summed E-state index contributed by atoms with van der Waals surface area (Å²) in [5.74, 6) is 0.526. The van der Waals surface area contributed by atoms with Crippen molar-refractivity contribution in [2.24, 2.45) is 7.05 Å². The predicted octanol–water partition coefficient (Wildman–Crippen LogP) is 2.70. The highest BCUT2D eigenvalue weighted by Crippen LogP contribution is 2.36. The second-order valence-corrected chi connectivity index (χ2v) is 5.19. The van der Waals surface area contributed by atoms with Crippen LogP contribution >= 0.6 is 0 Å². The quantitative estimate of drug-likeness (QED) is 0.916. The van der Waals surface area contributed by atoms with E-state index in [1.165, 1.54) is 12.1 Å². The maximum atomic E-state index is 13.5. The van der Waals surface area contributed by atoms with E-state index in [0.29, 0.717) is 12.4 Å². The summed E-state index contributed by atoms with van der Waals surface area (Å²) in [6, 6.07) is 6.49. The van der Waals surface area contributed by atoms with Gasteiger partial charge < -0.3 is 10.5 Å². The van der Waals surface area contributed by atoms with Crippen molar-refractivity contribution in [2.45, 2.75) is 18.8 Å². The number of nitrogens with zero attached hydrogens (tertiary/aromatic N) is 2. The molecule has 1 unspecified atom stereocenters. The fourth-order valence-corrected chi connectivity index (χ4v) is 2.74. The molecule has 1 aromatic heterocycles. The van der Waals surface area contributed by atoms with Gasteiger partial charge in [0.05, 0.1) is 12.3 Å². The number of anilines is 1. The molecule has 0 radical (unpaired) electrons. The molecule has 1 aliphatic heterocycles. The number of benzene rings is 1. The summed E-state index contributed by atoms with van der Waals surface area (Å²) in [7, 11) is 1.81. The molecular formula is C15H18FN3O. The van der Waals surface area contributed by atoms with Crippen molar-refractivity contribution in [3.63, 3.8) is 0 Å². The summed E-state index contributed by atoms with van der Waals surface area (Å²) < 4.78 is 20.7. The van der Waals surface area contributed by atoms with Crippen LogP contribution in [0.4, 0.5) is 10.2 Å². The van der Waals surface area contributed by atoms with Crippen LogP contribution in [0.2, 0.25) is 0 Å². The predicted molar refractivity (Wildman–Crippen MR) is 75.8 cm³/mol. The zero-order valence-corrected chi connectivity index (χ0v) is 11.5. The number of nitrogens with two attached hydrogens (primary N) is 1. The number of aromatic nitrogens is 2. The lowest BCUT2D eigenvalue weighted by Crippen LogP contribution is -2.16. The van der Waals surface area contributed by atoms with Crippen LogP contribution in [0.15, 0.2) is 24.3 Å². The Hall–Kier alpha value is -1.88. The van der Waals surface area contributed by atoms with Crippen molar-refractivity contribution in [2.75, 3.05) is 18.9 Å². The molecule has 106 valence electrons. The molecule has 5 heteroatoms. The smallest absolute Gasteiger partial charge is 0.129 e. The molecule has 0 aliphatic carbocycles. The summed E-state index contributed by atoms with van der Waals surface area (Å²) in [6.07, 6.45) is 2.04. The van der Waals surface area contributed by atoms with Crippen molar-refractivity contribution in [3.8, 4) is 11.1 Å². The van der Waals surface area contributed by atoms with Crippen LogP contribution in [0.25, 0.3) is 11.1 Å². The molecule has 2 heterocycles. The van der Waals surface area contributed by atoms with Crippen molar-refractivity contribution in [1.29, 1.82) is 0 Å². The number of ether oxygens (including phenoxy) is 1. The van der Waals surface area contributed by atoms with Gasteiger partial charge in [0, 0.05) is 25.1 Å². The highest BCUT2D eigenvalue weighted by Gasteiger charge is 2.25. The molecule has 1 aromatic carbocycles. The van der Waals surface area contributed by atoms with Gasteiger partial charge in [0.25, 0.3) is 0 Å². The second-order valence-electron chi connectivity index (χ2n) is 5.19. The topological polar surface area (TPSA) is 53.1 Å². The number of hydrogen-bond donors (Lipinski definition) is 1. The largest absolute Gasteiger partial charge is 0.383 e. The number of halogens is 1. The zero-order valence-electron chi connectivity index (χ0n) is 11.5. The van der Waals surface area contributed by atoms with Crippen LogP contribution < -0.4 is 5.73 Å². The molecule has 1 fully saturated rings. The molecule has 2 aromatic rings. The Balaban J connectivity index is 2.09. The van der Waals surface area contributed by atoms with Crippen LogP contribution in [-0.4, -0.2) is 23.0 Å². The number of rotatable bonds is 2. The van der Waals surface area contributed by atoms with Gasteiger partial charge in [0.1, 0.15) is 11.6 Å². The Kier molecular flexibility index (Phi) is 3.44. The van der Waals surface area contributed by atoms with Crippen LogP contribution in [0.5, 0.6) is 0 Å². The Bertz CT molecular complexity index is 618. The normalized spacial score (nSPS) is 19.2. The van der Waals surface area contributed by atoms with Gasteiger partial charge in [-0.05, 0) is 30.5 Å². The van der Waals surface area contributed by atoms with E-state index in [1.807, 2.05) is 13.1 Å². The van der Waals surface area contributed by atoms with Gasteiger partial charge in [-0.1, -0.05) is 12.1 Å². The van der Waals surface area contributed by atoms with Crippen molar-refractivity contribution < 1.29 is 9.13 Å². The van der Waals surface area contributed by atoms with E-state index in [4.69, 9.17) is 10.5 Å². The minimum Gasteiger partial charge on any atom is -0.383 e. The van der Waals surface area contributed by atoms with Crippen LogP contribution in [0.1, 0.15) is 24.5 Å². The van der Waals surface area contributed by atoms with E-state index in [-0.39, 0.29) is 11.7 Å². The van der Waals surface area contributed by atoms with Gasteiger partial charge in [-0.3, -0.25) is 4.68 Å². The van der Waals surface area contributed by atoms with E-state index < -0.39 is 0 Å². The summed E-state index contributed by atoms with van der Waals surface area (Å²) in [6.45, 7) is 1.45. The number of nitrogen functional groups attached to an aromatic ring is 1. The van der Waals surface area contributed by atoms with Gasteiger partial charge in [-0.15, -0.1) is 0 Å².